The minimum Gasteiger partial charge on any atom is -0.323 e. The highest BCUT2D eigenvalue weighted by atomic mass is 32.2. The van der Waals surface area contributed by atoms with E-state index < -0.39 is 15.2 Å². The van der Waals surface area contributed by atoms with Crippen LogP contribution in [0.2, 0.25) is 0 Å². The van der Waals surface area contributed by atoms with Crippen LogP contribution in [0.3, 0.4) is 0 Å². The van der Waals surface area contributed by atoms with Crippen LogP contribution in [0.15, 0.2) is 59.5 Å². The van der Waals surface area contributed by atoms with E-state index in [1.807, 2.05) is 56.3 Å². The lowest BCUT2D eigenvalue weighted by Gasteiger charge is -2.39. The summed E-state index contributed by atoms with van der Waals surface area (Å²) in [6, 6.07) is 16.3. The molecule has 0 spiro atoms. The third-order valence-electron chi connectivity index (χ3n) is 7.03. The van der Waals surface area contributed by atoms with Gasteiger partial charge in [-0.15, -0.1) is 0 Å². The number of benzene rings is 2. The van der Waals surface area contributed by atoms with Crippen LogP contribution in [0.5, 0.6) is 0 Å². The molecule has 2 amide bonds. The Balaban J connectivity index is 1.85. The molecule has 31 heavy (non-hydrogen) atoms. The van der Waals surface area contributed by atoms with Crippen LogP contribution in [0.1, 0.15) is 56.2 Å². The Morgan fingerprint density at radius 1 is 0.935 bits per heavy atom. The molecule has 0 N–H and O–H groups in total. The highest BCUT2D eigenvalue weighted by molar-refractivity contribution is 7.92. The van der Waals surface area contributed by atoms with Crippen molar-refractivity contribution in [2.75, 3.05) is 7.05 Å². The Kier molecular flexibility index (Phi) is 6.11. The second-order valence-corrected chi connectivity index (χ2v) is 11.1. The first kappa shape index (κ1) is 21.9. The Morgan fingerprint density at radius 3 is 2.16 bits per heavy atom. The van der Waals surface area contributed by atoms with Crippen LogP contribution in [0.4, 0.5) is 4.79 Å². The smallest absolute Gasteiger partial charge is 0.321 e. The minimum atomic E-state index is -3.74. The maximum absolute atomic E-state index is 14.1. The third-order valence-corrected chi connectivity index (χ3v) is 9.20. The summed E-state index contributed by atoms with van der Waals surface area (Å²) in [5.41, 5.74) is 1.99. The summed E-state index contributed by atoms with van der Waals surface area (Å²) >= 11 is 0. The Bertz CT molecular complexity index is 1010. The number of nitrogens with zero attached hydrogens (tertiary/aromatic N) is 2. The Hall–Kier alpha value is -2.34. The van der Waals surface area contributed by atoms with Crippen molar-refractivity contribution in [3.8, 4) is 0 Å². The predicted octanol–water partition coefficient (Wildman–Crippen LogP) is 5.17. The van der Waals surface area contributed by atoms with E-state index in [1.165, 1.54) is 0 Å². The number of urea groups is 1. The largest absolute Gasteiger partial charge is 0.323 e. The van der Waals surface area contributed by atoms with E-state index >= 15 is 0 Å². The van der Waals surface area contributed by atoms with Crippen molar-refractivity contribution in [3.05, 3.63) is 65.7 Å². The van der Waals surface area contributed by atoms with E-state index in [-0.39, 0.29) is 24.0 Å². The summed E-state index contributed by atoms with van der Waals surface area (Å²) < 4.78 is 28.1. The molecule has 1 aliphatic heterocycles. The molecule has 1 saturated heterocycles. The van der Waals surface area contributed by atoms with Crippen LogP contribution >= 0.6 is 0 Å². The summed E-state index contributed by atoms with van der Waals surface area (Å²) in [6.07, 6.45) is 4.81. The molecule has 166 valence electrons. The zero-order valence-electron chi connectivity index (χ0n) is 18.6. The molecule has 1 heterocycles. The highest BCUT2D eigenvalue weighted by Crippen LogP contribution is 2.43. The van der Waals surface area contributed by atoms with Crippen molar-refractivity contribution in [1.29, 1.82) is 0 Å². The summed E-state index contributed by atoms with van der Waals surface area (Å²) in [5, 5.41) is -0.861. The number of amides is 2. The van der Waals surface area contributed by atoms with Gasteiger partial charge in [-0.3, -0.25) is 4.90 Å². The van der Waals surface area contributed by atoms with Crippen molar-refractivity contribution in [2.45, 2.75) is 68.3 Å². The number of hydrogen-bond acceptors (Lipinski definition) is 3. The van der Waals surface area contributed by atoms with Crippen LogP contribution in [-0.2, 0) is 9.84 Å². The normalized spacial score (nSPS) is 23.9. The monoisotopic (exact) mass is 440 g/mol. The zero-order chi connectivity index (χ0) is 22.2. The highest BCUT2D eigenvalue weighted by Gasteiger charge is 2.52. The van der Waals surface area contributed by atoms with Gasteiger partial charge in [-0.05, 0) is 50.3 Å². The molecule has 2 aromatic carbocycles. The lowest BCUT2D eigenvalue weighted by molar-refractivity contribution is 0.154. The van der Waals surface area contributed by atoms with Gasteiger partial charge < -0.3 is 4.90 Å². The molecule has 5 nitrogen and oxygen atoms in total. The number of sulfone groups is 1. The maximum atomic E-state index is 14.1. The molecule has 2 aromatic rings. The van der Waals surface area contributed by atoms with Crippen LogP contribution < -0.4 is 0 Å². The maximum Gasteiger partial charge on any atom is 0.321 e. The summed E-state index contributed by atoms with van der Waals surface area (Å²) in [7, 11) is -1.97. The van der Waals surface area contributed by atoms with Gasteiger partial charge in [-0.25, -0.2) is 13.2 Å². The fraction of sp³-hybridized carbons (Fsp3) is 0.480. The molecule has 1 aliphatic carbocycles. The van der Waals surface area contributed by atoms with Crippen molar-refractivity contribution in [1.82, 2.24) is 9.80 Å². The van der Waals surface area contributed by atoms with Gasteiger partial charge in [0, 0.05) is 7.05 Å². The van der Waals surface area contributed by atoms with Crippen molar-refractivity contribution in [2.24, 2.45) is 5.92 Å². The van der Waals surface area contributed by atoms with E-state index in [2.05, 4.69) is 0 Å². The standard InChI is InChI=1S/C25H32N2O3S/c1-18-14-16-22(17-15-18)31(29,30)24(21-12-8-5-9-13-21)27-23(19(2)26(3)25(27)28)20-10-6-4-7-11-20/h4,6-7,10-11,14-17,19,21,23-24H,5,8-9,12-13H2,1-3H3/t19-,23-,24+/m0/s1. The summed E-state index contributed by atoms with van der Waals surface area (Å²) in [5.74, 6) is -0.0612. The SMILES string of the molecule is Cc1ccc(S(=O)(=O)[C@H](C2CCCCC2)N2C(=O)N(C)[C@@H](C)[C@H]2c2ccccc2)cc1. The fourth-order valence-electron chi connectivity index (χ4n) is 5.19. The van der Waals surface area contributed by atoms with Gasteiger partial charge in [-0.2, -0.15) is 0 Å². The molecule has 2 aliphatic rings. The molecule has 6 heteroatoms. The van der Waals surface area contributed by atoms with E-state index in [4.69, 9.17) is 0 Å². The van der Waals surface area contributed by atoms with Gasteiger partial charge in [0.25, 0.3) is 0 Å². The fourth-order valence-corrected chi connectivity index (χ4v) is 7.29. The number of carbonyl (C=O) groups excluding carboxylic acids is 1. The van der Waals surface area contributed by atoms with Crippen LogP contribution in [-0.4, -0.2) is 42.7 Å². The Labute approximate surface area is 186 Å². The average Bonchev–Trinajstić information content (AvgIpc) is 2.99. The Morgan fingerprint density at radius 2 is 1.55 bits per heavy atom. The third kappa shape index (κ3) is 3.98. The summed E-state index contributed by atoms with van der Waals surface area (Å²) in [4.78, 5) is 17.2. The lowest BCUT2D eigenvalue weighted by atomic mass is 9.88. The van der Waals surface area contributed by atoms with Crippen molar-refractivity contribution < 1.29 is 13.2 Å². The van der Waals surface area contributed by atoms with Crippen molar-refractivity contribution >= 4 is 15.9 Å². The number of likely N-dealkylation sites (N-methyl/N-ethyl adjacent to an activating group) is 1. The van der Waals surface area contributed by atoms with Gasteiger partial charge in [-0.1, -0.05) is 67.3 Å². The van der Waals surface area contributed by atoms with Crippen LogP contribution in [0, 0.1) is 12.8 Å². The van der Waals surface area contributed by atoms with Gasteiger partial charge in [0.15, 0.2) is 9.84 Å². The molecule has 2 fully saturated rings. The van der Waals surface area contributed by atoms with Gasteiger partial charge >= 0.3 is 6.03 Å². The van der Waals surface area contributed by atoms with Gasteiger partial charge in [0.05, 0.1) is 17.0 Å². The first-order chi connectivity index (χ1) is 14.8. The van der Waals surface area contributed by atoms with E-state index in [0.29, 0.717) is 4.90 Å². The van der Waals surface area contributed by atoms with Crippen molar-refractivity contribution in [3.63, 3.8) is 0 Å². The number of aryl methyl sites for hydroxylation is 1. The minimum absolute atomic E-state index is 0.0612. The molecule has 3 atom stereocenters. The molecular weight excluding hydrogens is 408 g/mol. The molecule has 0 unspecified atom stereocenters. The second-order valence-electron chi connectivity index (χ2n) is 9.04. The first-order valence-electron chi connectivity index (χ1n) is 11.2. The summed E-state index contributed by atoms with van der Waals surface area (Å²) in [6.45, 7) is 3.95. The zero-order valence-corrected chi connectivity index (χ0v) is 19.4. The van der Waals surface area contributed by atoms with E-state index in [9.17, 15) is 13.2 Å². The molecular formula is C25H32N2O3S. The molecule has 1 saturated carbocycles. The quantitative estimate of drug-likeness (QED) is 0.644. The van der Waals surface area contributed by atoms with E-state index in [1.54, 1.807) is 29.0 Å². The second kappa shape index (κ2) is 8.65. The molecule has 4 rings (SSSR count). The number of carbonyl (C=O) groups is 1. The van der Waals surface area contributed by atoms with E-state index in [0.717, 1.165) is 43.2 Å². The average molecular weight is 441 g/mol. The molecule has 0 radical (unpaired) electrons. The van der Waals surface area contributed by atoms with Gasteiger partial charge in [0.1, 0.15) is 5.37 Å². The topological polar surface area (TPSA) is 57.7 Å². The predicted molar refractivity (Wildman–Crippen MR) is 122 cm³/mol. The van der Waals surface area contributed by atoms with Crippen LogP contribution in [0.25, 0.3) is 0 Å². The number of hydrogen-bond donors (Lipinski definition) is 0. The van der Waals surface area contributed by atoms with Gasteiger partial charge in [0.2, 0.25) is 0 Å². The first-order valence-corrected chi connectivity index (χ1v) is 12.8. The lowest BCUT2D eigenvalue weighted by Crippen LogP contribution is -2.49. The molecule has 0 aromatic heterocycles. The number of rotatable bonds is 5. The molecule has 0 bridgehead atoms.